The smallest absolute Gasteiger partial charge is 0.358 e. The molecule has 0 saturated carbocycles. The Morgan fingerprint density at radius 2 is 2.08 bits per heavy atom. The van der Waals surface area contributed by atoms with Crippen LogP contribution >= 0.6 is 11.3 Å². The zero-order valence-electron chi connectivity index (χ0n) is 12.6. The fourth-order valence-electron chi connectivity index (χ4n) is 1.80. The third-order valence-corrected chi connectivity index (χ3v) is 3.93. The van der Waals surface area contributed by atoms with E-state index in [-0.39, 0.29) is 17.2 Å². The Balaban J connectivity index is 2.01. The SMILES string of the molecule is CC(=N)C(C#N)C(=O)COC(=O)c1csc(-c2ccc(F)cc2)n1. The predicted octanol–water partition coefficient (Wildman–Crippen LogP) is 2.85. The van der Waals surface area contributed by atoms with E-state index in [0.29, 0.717) is 10.6 Å². The van der Waals surface area contributed by atoms with E-state index in [2.05, 4.69) is 4.98 Å². The minimum atomic E-state index is -1.22. The summed E-state index contributed by atoms with van der Waals surface area (Å²) in [5.74, 6) is -3.05. The number of hydrogen-bond acceptors (Lipinski definition) is 7. The second-order valence-electron chi connectivity index (χ2n) is 4.83. The van der Waals surface area contributed by atoms with Gasteiger partial charge < -0.3 is 10.1 Å². The fraction of sp³-hybridized carbons (Fsp3) is 0.188. The first-order chi connectivity index (χ1) is 11.4. The highest BCUT2D eigenvalue weighted by Gasteiger charge is 2.22. The summed E-state index contributed by atoms with van der Waals surface area (Å²) in [6, 6.07) is 7.34. The Morgan fingerprint density at radius 3 is 2.67 bits per heavy atom. The lowest BCUT2D eigenvalue weighted by atomic mass is 10.0. The molecule has 0 radical (unpaired) electrons. The molecule has 0 aliphatic carbocycles. The van der Waals surface area contributed by atoms with Crippen LogP contribution in [-0.4, -0.2) is 29.1 Å². The van der Waals surface area contributed by atoms with Crippen LogP contribution < -0.4 is 0 Å². The first kappa shape index (κ1) is 17.4. The molecule has 0 bridgehead atoms. The van der Waals surface area contributed by atoms with Gasteiger partial charge in [0.1, 0.15) is 16.7 Å². The van der Waals surface area contributed by atoms with Crippen LogP contribution in [-0.2, 0) is 9.53 Å². The normalized spacial score (nSPS) is 11.4. The Bertz CT molecular complexity index is 824. The topological polar surface area (TPSA) is 104 Å². The Hall–Kier alpha value is -2.92. The maximum absolute atomic E-state index is 12.9. The van der Waals surface area contributed by atoms with Crippen molar-refractivity contribution in [1.29, 1.82) is 10.7 Å². The van der Waals surface area contributed by atoms with Gasteiger partial charge in [0.25, 0.3) is 0 Å². The number of halogens is 1. The van der Waals surface area contributed by atoms with Crippen LogP contribution in [0.2, 0.25) is 0 Å². The fourth-order valence-corrected chi connectivity index (χ4v) is 2.59. The number of carbonyl (C=O) groups is 2. The van der Waals surface area contributed by atoms with Crippen molar-refractivity contribution in [3.8, 4) is 16.6 Å². The lowest BCUT2D eigenvalue weighted by Gasteiger charge is -2.06. The van der Waals surface area contributed by atoms with E-state index in [1.54, 1.807) is 6.07 Å². The molecule has 2 rings (SSSR count). The number of esters is 1. The summed E-state index contributed by atoms with van der Waals surface area (Å²) in [5, 5.41) is 18.1. The van der Waals surface area contributed by atoms with E-state index in [1.165, 1.54) is 47.9 Å². The number of aromatic nitrogens is 1. The molecule has 1 N–H and O–H groups in total. The number of hydrogen-bond donors (Lipinski definition) is 1. The largest absolute Gasteiger partial charge is 0.453 e. The van der Waals surface area contributed by atoms with Crippen LogP contribution in [0.5, 0.6) is 0 Å². The van der Waals surface area contributed by atoms with Crippen LogP contribution in [0.3, 0.4) is 0 Å². The molecule has 8 heteroatoms. The molecule has 1 unspecified atom stereocenters. The standard InChI is InChI=1S/C16H12FN3O3S/c1-9(19)12(6-18)14(21)7-23-16(22)13-8-24-15(20-13)10-2-4-11(17)5-3-10/h2-5,8,12,19H,7H2,1H3. The number of nitriles is 1. The van der Waals surface area contributed by atoms with Gasteiger partial charge in [-0.2, -0.15) is 5.26 Å². The third-order valence-electron chi connectivity index (χ3n) is 3.03. The van der Waals surface area contributed by atoms with Crippen molar-refractivity contribution in [3.63, 3.8) is 0 Å². The second kappa shape index (κ2) is 7.57. The van der Waals surface area contributed by atoms with Crippen molar-refractivity contribution in [3.05, 3.63) is 41.2 Å². The maximum atomic E-state index is 12.9. The van der Waals surface area contributed by atoms with E-state index in [0.717, 1.165) is 0 Å². The molecule has 122 valence electrons. The van der Waals surface area contributed by atoms with Crippen LogP contribution in [0.1, 0.15) is 17.4 Å². The number of nitrogens with zero attached hydrogens (tertiary/aromatic N) is 2. The molecular weight excluding hydrogens is 333 g/mol. The highest BCUT2D eigenvalue weighted by molar-refractivity contribution is 7.13. The number of nitrogens with one attached hydrogen (secondary N) is 1. The summed E-state index contributed by atoms with van der Waals surface area (Å²) in [7, 11) is 0. The van der Waals surface area contributed by atoms with Gasteiger partial charge in [-0.1, -0.05) is 0 Å². The first-order valence-corrected chi connectivity index (χ1v) is 7.66. The van der Waals surface area contributed by atoms with Crippen LogP contribution in [0.4, 0.5) is 4.39 Å². The quantitative estimate of drug-likeness (QED) is 0.640. The summed E-state index contributed by atoms with van der Waals surface area (Å²) >= 11 is 1.18. The summed E-state index contributed by atoms with van der Waals surface area (Å²) in [5.41, 5.74) is 0.568. The van der Waals surface area contributed by atoms with E-state index in [4.69, 9.17) is 15.4 Å². The number of benzene rings is 1. The van der Waals surface area contributed by atoms with Gasteiger partial charge in [-0.3, -0.25) is 4.79 Å². The minimum absolute atomic E-state index is 0.0206. The van der Waals surface area contributed by atoms with Gasteiger partial charge in [0.05, 0.1) is 6.07 Å². The molecule has 0 saturated heterocycles. The Morgan fingerprint density at radius 1 is 1.42 bits per heavy atom. The van der Waals surface area contributed by atoms with Crippen molar-refractivity contribution in [2.45, 2.75) is 6.92 Å². The number of thiazole rings is 1. The minimum Gasteiger partial charge on any atom is -0.453 e. The second-order valence-corrected chi connectivity index (χ2v) is 5.69. The van der Waals surface area contributed by atoms with Gasteiger partial charge >= 0.3 is 5.97 Å². The summed E-state index contributed by atoms with van der Waals surface area (Å²) in [4.78, 5) is 27.7. The Labute approximate surface area is 141 Å². The lowest BCUT2D eigenvalue weighted by molar-refractivity contribution is -0.122. The van der Waals surface area contributed by atoms with Crippen molar-refractivity contribution in [1.82, 2.24) is 4.98 Å². The van der Waals surface area contributed by atoms with Crippen molar-refractivity contribution in [2.75, 3.05) is 6.61 Å². The van der Waals surface area contributed by atoms with Gasteiger partial charge in [0.15, 0.2) is 18.1 Å². The third kappa shape index (κ3) is 4.08. The van der Waals surface area contributed by atoms with Crippen LogP contribution in [0.15, 0.2) is 29.6 Å². The van der Waals surface area contributed by atoms with Crippen LogP contribution in [0, 0.1) is 28.5 Å². The number of ketones is 1. The summed E-state index contributed by atoms with van der Waals surface area (Å²) in [6.45, 7) is 0.736. The number of Topliss-reactive ketones (excluding diaryl/α,β-unsaturated/α-hetero) is 1. The molecule has 0 aliphatic heterocycles. The molecule has 1 heterocycles. The van der Waals surface area contributed by atoms with Crippen molar-refractivity contribution in [2.24, 2.45) is 5.92 Å². The molecule has 0 amide bonds. The number of rotatable bonds is 6. The molecular formula is C16H12FN3O3S. The number of carbonyl (C=O) groups excluding carboxylic acids is 2. The molecule has 1 atom stereocenters. The van der Waals surface area contributed by atoms with Gasteiger partial charge in [0.2, 0.25) is 0 Å². The number of ether oxygens (including phenoxy) is 1. The van der Waals surface area contributed by atoms with Crippen molar-refractivity contribution < 1.29 is 18.7 Å². The molecule has 0 aliphatic rings. The first-order valence-electron chi connectivity index (χ1n) is 6.78. The lowest BCUT2D eigenvalue weighted by Crippen LogP contribution is -2.25. The summed E-state index contributed by atoms with van der Waals surface area (Å²) in [6.07, 6.45) is 0. The molecule has 1 aromatic carbocycles. The van der Waals surface area contributed by atoms with E-state index in [1.807, 2.05) is 0 Å². The zero-order chi connectivity index (χ0) is 17.7. The molecule has 2 aromatic rings. The molecule has 6 nitrogen and oxygen atoms in total. The predicted molar refractivity (Wildman–Crippen MR) is 85.3 cm³/mol. The van der Waals surface area contributed by atoms with Gasteiger partial charge in [-0.25, -0.2) is 14.2 Å². The molecule has 1 aromatic heterocycles. The average molecular weight is 345 g/mol. The van der Waals surface area contributed by atoms with Gasteiger partial charge in [-0.05, 0) is 31.2 Å². The highest BCUT2D eigenvalue weighted by Crippen LogP contribution is 2.24. The molecule has 0 spiro atoms. The van der Waals surface area contributed by atoms with Gasteiger partial charge in [-0.15, -0.1) is 11.3 Å². The molecule has 24 heavy (non-hydrogen) atoms. The van der Waals surface area contributed by atoms with Crippen LogP contribution in [0.25, 0.3) is 10.6 Å². The van der Waals surface area contributed by atoms with E-state index >= 15 is 0 Å². The van der Waals surface area contributed by atoms with Crippen molar-refractivity contribution >= 4 is 28.8 Å². The highest BCUT2D eigenvalue weighted by atomic mass is 32.1. The Kier molecular flexibility index (Phi) is 5.50. The maximum Gasteiger partial charge on any atom is 0.358 e. The zero-order valence-corrected chi connectivity index (χ0v) is 13.4. The van der Waals surface area contributed by atoms with E-state index in [9.17, 15) is 14.0 Å². The molecule has 0 fully saturated rings. The average Bonchev–Trinajstić information content (AvgIpc) is 3.03. The van der Waals surface area contributed by atoms with Gasteiger partial charge in [0, 0.05) is 16.7 Å². The van der Waals surface area contributed by atoms with E-state index < -0.39 is 24.3 Å². The summed E-state index contributed by atoms with van der Waals surface area (Å²) < 4.78 is 17.7. The monoisotopic (exact) mass is 345 g/mol.